The third kappa shape index (κ3) is 3.40. The quantitative estimate of drug-likeness (QED) is 0.797. The lowest BCUT2D eigenvalue weighted by molar-refractivity contribution is 0.0940. The molecule has 0 saturated heterocycles. The first kappa shape index (κ1) is 16.4. The third-order valence-corrected chi connectivity index (χ3v) is 3.86. The van der Waals surface area contributed by atoms with Crippen LogP contribution in [0.15, 0.2) is 60.9 Å². The summed E-state index contributed by atoms with van der Waals surface area (Å²) in [4.78, 5) is 16.9. The number of nitrogens with zero attached hydrogens (tertiary/aromatic N) is 3. The molecule has 0 bridgehead atoms. The molecule has 25 heavy (non-hydrogen) atoms. The average Bonchev–Trinajstić information content (AvgIpc) is 3.06. The number of nitrogens with one attached hydrogen (secondary N) is 1. The fraction of sp³-hybridized carbons (Fsp3) is 0.105. The number of carbonyl (C=O) groups excluding carboxylic acids is 1. The van der Waals surface area contributed by atoms with E-state index in [0.717, 1.165) is 0 Å². The predicted molar refractivity (Wildman–Crippen MR) is 90.1 cm³/mol. The van der Waals surface area contributed by atoms with Gasteiger partial charge in [0.05, 0.1) is 11.6 Å². The van der Waals surface area contributed by atoms with Crippen molar-refractivity contribution in [3.63, 3.8) is 0 Å². The number of rotatable bonds is 4. The second-order valence-electron chi connectivity index (χ2n) is 5.52. The Balaban J connectivity index is 1.98. The highest BCUT2D eigenvalue weighted by Gasteiger charge is 2.24. The number of benzene rings is 2. The molecule has 0 radical (unpaired) electrons. The lowest BCUT2D eigenvalue weighted by atomic mass is 10.0. The summed E-state index contributed by atoms with van der Waals surface area (Å²) in [5.41, 5.74) is 1.03. The van der Waals surface area contributed by atoms with Crippen LogP contribution in [-0.2, 0) is 7.05 Å². The molecule has 0 saturated carbocycles. The van der Waals surface area contributed by atoms with Gasteiger partial charge >= 0.3 is 0 Å². The first-order valence-electron chi connectivity index (χ1n) is 7.63. The summed E-state index contributed by atoms with van der Waals surface area (Å²) in [7, 11) is 1.78. The van der Waals surface area contributed by atoms with Gasteiger partial charge in [0, 0.05) is 30.6 Å². The summed E-state index contributed by atoms with van der Waals surface area (Å²) in [5.74, 6) is -0.329. The number of halogens is 1. The Hall–Kier alpha value is -3.46. The molecule has 1 heterocycles. The van der Waals surface area contributed by atoms with E-state index < -0.39 is 17.8 Å². The van der Waals surface area contributed by atoms with Crippen LogP contribution >= 0.6 is 0 Å². The maximum Gasteiger partial charge on any atom is 0.252 e. The van der Waals surface area contributed by atoms with Gasteiger partial charge in [-0.15, -0.1) is 0 Å². The maximum atomic E-state index is 14.3. The fourth-order valence-corrected chi connectivity index (χ4v) is 2.59. The van der Waals surface area contributed by atoms with Crippen molar-refractivity contribution in [1.29, 1.82) is 5.26 Å². The molecule has 0 fully saturated rings. The van der Waals surface area contributed by atoms with E-state index in [1.807, 2.05) is 6.07 Å². The summed E-state index contributed by atoms with van der Waals surface area (Å²) >= 11 is 0. The van der Waals surface area contributed by atoms with Crippen LogP contribution in [0.25, 0.3) is 0 Å². The second kappa shape index (κ2) is 6.97. The number of carbonyl (C=O) groups is 1. The number of imidazole rings is 1. The van der Waals surface area contributed by atoms with Gasteiger partial charge in [-0.3, -0.25) is 4.79 Å². The molecule has 3 rings (SSSR count). The molecular formula is C19H15FN4O. The second-order valence-corrected chi connectivity index (χ2v) is 5.52. The van der Waals surface area contributed by atoms with E-state index >= 15 is 0 Å². The van der Waals surface area contributed by atoms with E-state index in [2.05, 4.69) is 10.3 Å². The smallest absolute Gasteiger partial charge is 0.252 e. The van der Waals surface area contributed by atoms with E-state index in [4.69, 9.17) is 5.26 Å². The van der Waals surface area contributed by atoms with Gasteiger partial charge in [-0.05, 0) is 24.3 Å². The van der Waals surface area contributed by atoms with Gasteiger partial charge in [0.15, 0.2) is 0 Å². The minimum atomic E-state index is -0.751. The SMILES string of the molecule is Cn1ccnc1C(NC(=O)c1cccc(C#N)c1)c1ccccc1F. The Morgan fingerprint density at radius 3 is 2.76 bits per heavy atom. The molecule has 5 nitrogen and oxygen atoms in total. The highest BCUT2D eigenvalue weighted by molar-refractivity contribution is 5.95. The number of aromatic nitrogens is 2. The Morgan fingerprint density at radius 2 is 2.08 bits per heavy atom. The molecule has 2 aromatic carbocycles. The van der Waals surface area contributed by atoms with Crippen LogP contribution in [-0.4, -0.2) is 15.5 Å². The third-order valence-electron chi connectivity index (χ3n) is 3.86. The van der Waals surface area contributed by atoms with E-state index in [1.54, 1.807) is 60.4 Å². The molecule has 124 valence electrons. The zero-order valence-corrected chi connectivity index (χ0v) is 13.5. The Bertz CT molecular complexity index is 958. The molecule has 1 atom stereocenters. The van der Waals surface area contributed by atoms with Crippen LogP contribution in [0.4, 0.5) is 4.39 Å². The molecule has 6 heteroatoms. The van der Waals surface area contributed by atoms with Gasteiger partial charge < -0.3 is 9.88 Å². The lowest BCUT2D eigenvalue weighted by Crippen LogP contribution is -2.31. The van der Waals surface area contributed by atoms with E-state index in [1.165, 1.54) is 12.1 Å². The van der Waals surface area contributed by atoms with Crippen LogP contribution < -0.4 is 5.32 Å². The summed E-state index contributed by atoms with van der Waals surface area (Å²) in [6.45, 7) is 0. The van der Waals surface area contributed by atoms with E-state index in [9.17, 15) is 9.18 Å². The van der Waals surface area contributed by atoms with Crippen molar-refractivity contribution in [3.8, 4) is 6.07 Å². The van der Waals surface area contributed by atoms with Gasteiger partial charge in [0.1, 0.15) is 17.7 Å². The van der Waals surface area contributed by atoms with E-state index in [-0.39, 0.29) is 0 Å². The predicted octanol–water partition coefficient (Wildman–Crippen LogP) is 2.95. The fourth-order valence-electron chi connectivity index (χ4n) is 2.59. The maximum absolute atomic E-state index is 14.3. The summed E-state index contributed by atoms with van der Waals surface area (Å²) in [6.07, 6.45) is 3.32. The Kier molecular flexibility index (Phi) is 4.57. The lowest BCUT2D eigenvalue weighted by Gasteiger charge is -2.19. The van der Waals surface area contributed by atoms with Crippen molar-refractivity contribution < 1.29 is 9.18 Å². The van der Waals surface area contributed by atoms with E-state index in [0.29, 0.717) is 22.5 Å². The molecule has 0 aliphatic heterocycles. The monoisotopic (exact) mass is 334 g/mol. The number of nitriles is 1. The number of amides is 1. The number of hydrogen-bond acceptors (Lipinski definition) is 3. The van der Waals surface area contributed by atoms with Crippen molar-refractivity contribution >= 4 is 5.91 Å². The van der Waals surface area contributed by atoms with Gasteiger partial charge in [-0.2, -0.15) is 5.26 Å². The normalized spacial score (nSPS) is 11.6. The van der Waals surface area contributed by atoms with Gasteiger partial charge in [0.2, 0.25) is 0 Å². The summed E-state index contributed by atoms with van der Waals surface area (Å²) < 4.78 is 16.0. The molecule has 0 aliphatic carbocycles. The average molecular weight is 334 g/mol. The standard InChI is InChI=1S/C19H15FN4O/c1-24-10-9-22-18(24)17(15-7-2-3-8-16(15)20)23-19(25)14-6-4-5-13(11-14)12-21/h2-11,17H,1H3,(H,23,25). The van der Waals surface area contributed by atoms with Crippen LogP contribution in [0.2, 0.25) is 0 Å². The first-order chi connectivity index (χ1) is 12.1. The molecule has 1 amide bonds. The minimum Gasteiger partial charge on any atom is -0.338 e. The van der Waals surface area contributed by atoms with Crippen molar-refractivity contribution in [2.24, 2.45) is 7.05 Å². The first-order valence-corrected chi connectivity index (χ1v) is 7.63. The van der Waals surface area contributed by atoms with Crippen molar-refractivity contribution in [3.05, 3.63) is 89.3 Å². The van der Waals surface area contributed by atoms with Crippen LogP contribution in [0, 0.1) is 17.1 Å². The summed E-state index contributed by atoms with van der Waals surface area (Å²) in [5, 5.41) is 11.8. The molecule has 0 aliphatic rings. The van der Waals surface area contributed by atoms with Crippen molar-refractivity contribution in [2.45, 2.75) is 6.04 Å². The summed E-state index contributed by atoms with van der Waals surface area (Å²) in [6, 6.07) is 13.8. The van der Waals surface area contributed by atoms with Crippen molar-refractivity contribution in [2.75, 3.05) is 0 Å². The van der Waals surface area contributed by atoms with Gasteiger partial charge in [0.25, 0.3) is 5.91 Å². The Morgan fingerprint density at radius 1 is 1.28 bits per heavy atom. The van der Waals surface area contributed by atoms with Gasteiger partial charge in [-0.1, -0.05) is 24.3 Å². The highest BCUT2D eigenvalue weighted by atomic mass is 19.1. The molecule has 1 unspecified atom stereocenters. The van der Waals surface area contributed by atoms with Crippen molar-refractivity contribution in [1.82, 2.24) is 14.9 Å². The van der Waals surface area contributed by atoms with Gasteiger partial charge in [-0.25, -0.2) is 9.37 Å². The molecule has 1 aromatic heterocycles. The topological polar surface area (TPSA) is 70.7 Å². The minimum absolute atomic E-state index is 0.321. The van der Waals surface area contributed by atoms with Crippen LogP contribution in [0.3, 0.4) is 0 Å². The largest absolute Gasteiger partial charge is 0.338 e. The molecule has 3 aromatic rings. The van der Waals surface area contributed by atoms with Crippen LogP contribution in [0.1, 0.15) is 33.4 Å². The zero-order chi connectivity index (χ0) is 17.8. The Labute approximate surface area is 144 Å². The molecule has 0 spiro atoms. The highest BCUT2D eigenvalue weighted by Crippen LogP contribution is 2.23. The number of hydrogen-bond donors (Lipinski definition) is 1. The molecule has 1 N–H and O–H groups in total. The zero-order valence-electron chi connectivity index (χ0n) is 13.5. The van der Waals surface area contributed by atoms with Crippen LogP contribution in [0.5, 0.6) is 0 Å². The molecular weight excluding hydrogens is 319 g/mol. The number of aryl methyl sites for hydroxylation is 1.